The van der Waals surface area contributed by atoms with Crippen molar-refractivity contribution in [2.75, 3.05) is 14.2 Å². The van der Waals surface area contributed by atoms with Gasteiger partial charge < -0.3 is 9.47 Å². The second-order valence-corrected chi connectivity index (χ2v) is 2.99. The fourth-order valence-electron chi connectivity index (χ4n) is 0.483. The van der Waals surface area contributed by atoms with Crippen molar-refractivity contribution < 1.29 is 9.47 Å². The highest BCUT2D eigenvalue weighted by Gasteiger charge is 2.03. The van der Waals surface area contributed by atoms with Gasteiger partial charge in [0.15, 0.2) is 0 Å². The zero-order valence-corrected chi connectivity index (χ0v) is 7.02. The smallest absolute Gasteiger partial charge is 0.136 e. The highest BCUT2D eigenvalue weighted by atomic mass is 28.2. The molecule has 0 aliphatic heterocycles. The average molecular weight is 145 g/mol. The third kappa shape index (κ3) is 4.63. The van der Waals surface area contributed by atoms with Crippen LogP contribution >= 0.6 is 0 Å². The summed E-state index contributed by atoms with van der Waals surface area (Å²) in [6.45, 7) is 3.72. The third-order valence-electron chi connectivity index (χ3n) is 0.916. The number of hydrogen-bond donors (Lipinski definition) is 0. The van der Waals surface area contributed by atoms with Gasteiger partial charge in [-0.3, -0.25) is 0 Å². The Balaban J connectivity index is 3.09. The van der Waals surface area contributed by atoms with E-state index in [9.17, 15) is 0 Å². The Hall–Kier alpha value is 0.137. The van der Waals surface area contributed by atoms with Gasteiger partial charge in [-0.1, -0.05) is 19.4 Å². The van der Waals surface area contributed by atoms with Crippen LogP contribution in [0.25, 0.3) is 0 Å². The summed E-state index contributed by atoms with van der Waals surface area (Å²) in [6.07, 6.45) is 0.960. The molecule has 0 unspecified atom stereocenters. The van der Waals surface area contributed by atoms with Crippen LogP contribution in [0.4, 0.5) is 0 Å². The van der Waals surface area contributed by atoms with Crippen LogP contribution in [0.2, 0.25) is 6.04 Å². The molecule has 0 atom stereocenters. The molecule has 53 valence electrons. The van der Waals surface area contributed by atoms with Gasteiger partial charge in [0.1, 0.15) is 15.4 Å². The van der Waals surface area contributed by atoms with Crippen LogP contribution in [0.15, 0.2) is 0 Å². The van der Waals surface area contributed by atoms with Gasteiger partial charge in [0, 0.05) is 14.2 Å². The number of methoxy groups -OCH3 is 2. The van der Waals surface area contributed by atoms with Crippen LogP contribution < -0.4 is 0 Å². The summed E-state index contributed by atoms with van der Waals surface area (Å²) in [6, 6.07) is 1.09. The highest BCUT2D eigenvalue weighted by Crippen LogP contribution is 1.93. The topological polar surface area (TPSA) is 18.5 Å². The van der Waals surface area contributed by atoms with Crippen LogP contribution in [0.3, 0.4) is 0 Å². The lowest BCUT2D eigenvalue weighted by molar-refractivity contribution is -0.0440. The maximum Gasteiger partial charge on any atom is 0.136 e. The molecule has 3 radical (unpaired) electrons. The molecule has 0 heterocycles. The van der Waals surface area contributed by atoms with Crippen molar-refractivity contribution in [1.29, 1.82) is 0 Å². The van der Waals surface area contributed by atoms with Gasteiger partial charge in [-0.15, -0.1) is 0 Å². The molecular formula is C6H13O2Si. The number of rotatable bonds is 5. The molecule has 0 rings (SSSR count). The molecule has 0 N–H and O–H groups in total. The lowest BCUT2D eigenvalue weighted by Crippen LogP contribution is -2.20. The summed E-state index contributed by atoms with van der Waals surface area (Å²) in [7, 11) is 4.03. The van der Waals surface area contributed by atoms with Gasteiger partial charge >= 0.3 is 0 Å². The predicted molar refractivity (Wildman–Crippen MR) is 38.3 cm³/mol. The maximum atomic E-state index is 4.96. The Bertz CT molecular complexity index is 55.0. The molecule has 0 aliphatic carbocycles. The first-order chi connectivity index (χ1) is 4.35. The van der Waals surface area contributed by atoms with E-state index in [0.29, 0.717) is 9.52 Å². The van der Waals surface area contributed by atoms with E-state index in [-0.39, 0.29) is 5.91 Å². The van der Waals surface area contributed by atoms with E-state index in [1.165, 1.54) is 0 Å². The molecule has 9 heavy (non-hydrogen) atoms. The van der Waals surface area contributed by atoms with Gasteiger partial charge in [-0.2, -0.15) is 0 Å². The normalized spacial score (nSPS) is 10.7. The van der Waals surface area contributed by atoms with Crippen molar-refractivity contribution in [2.24, 2.45) is 0 Å². The molecule has 0 aliphatic rings. The zero-order chi connectivity index (χ0) is 7.11. The van der Waals surface area contributed by atoms with E-state index in [1.54, 1.807) is 14.2 Å². The maximum absolute atomic E-state index is 4.96. The Kier molecular flexibility index (Phi) is 6.35. The fraction of sp³-hybridized carbons (Fsp3) is 0.833. The van der Waals surface area contributed by atoms with Crippen molar-refractivity contribution in [1.82, 2.24) is 0 Å². The number of ether oxygens (including phenoxy) is 2. The first kappa shape index (κ1) is 9.14. The molecule has 0 fully saturated rings. The molecule has 0 aromatic carbocycles. The molecule has 0 amide bonds. The largest absolute Gasteiger partial charge is 0.360 e. The van der Waals surface area contributed by atoms with Gasteiger partial charge in [-0.05, 0) is 0 Å². The zero-order valence-electron chi connectivity index (χ0n) is 6.02. The molecule has 2 nitrogen and oxygen atoms in total. The van der Waals surface area contributed by atoms with Crippen molar-refractivity contribution >= 4 is 9.52 Å². The summed E-state index contributed by atoms with van der Waals surface area (Å²) >= 11 is 0. The van der Waals surface area contributed by atoms with Crippen molar-refractivity contribution in [3.63, 3.8) is 0 Å². The average Bonchev–Trinajstić information content (AvgIpc) is 1.91. The summed E-state index contributed by atoms with van der Waals surface area (Å²) < 4.78 is 9.93. The summed E-state index contributed by atoms with van der Waals surface area (Å²) in [5.41, 5.74) is 0. The molecule has 3 heteroatoms. The highest BCUT2D eigenvalue weighted by molar-refractivity contribution is 6.36. The Morgan fingerprint density at radius 2 is 2.00 bits per heavy atom. The second-order valence-electron chi connectivity index (χ2n) is 1.61. The molecule has 0 saturated carbocycles. The van der Waals surface area contributed by atoms with Crippen LogP contribution in [0.1, 0.15) is 6.42 Å². The van der Waals surface area contributed by atoms with Gasteiger partial charge in [0.25, 0.3) is 0 Å². The molecule has 0 saturated heterocycles. The minimum absolute atomic E-state index is 0.00764. The Labute approximate surface area is 59.4 Å². The summed E-state index contributed by atoms with van der Waals surface area (Å²) in [5, 5.41) is 0. The summed E-state index contributed by atoms with van der Waals surface area (Å²) in [5.74, 6) is -0.00764. The predicted octanol–water partition coefficient (Wildman–Crippen LogP) is 0.909. The lowest BCUT2D eigenvalue weighted by Gasteiger charge is -2.10. The van der Waals surface area contributed by atoms with Crippen molar-refractivity contribution in [2.45, 2.75) is 18.4 Å². The minimum atomic E-state index is -0.00764. The summed E-state index contributed by atoms with van der Waals surface area (Å²) in [4.78, 5) is 0. The Morgan fingerprint density at radius 1 is 1.44 bits per heavy atom. The first-order valence-corrected chi connectivity index (χ1v) is 4.21. The first-order valence-electron chi connectivity index (χ1n) is 2.93. The van der Waals surface area contributed by atoms with E-state index < -0.39 is 0 Å². The standard InChI is InChI=1S/C6H13O2Si/c1-4-5-9-6(7-2)8-3/h6H,1,4-5H2,2-3H3. The van der Waals surface area contributed by atoms with Gasteiger partial charge in [-0.25, -0.2) is 0 Å². The molecule has 0 aromatic heterocycles. The Morgan fingerprint density at radius 3 is 2.33 bits per heavy atom. The van der Waals surface area contributed by atoms with Gasteiger partial charge in [0.05, 0.1) is 0 Å². The van der Waals surface area contributed by atoms with E-state index in [2.05, 4.69) is 6.92 Å². The number of hydrogen-bond acceptors (Lipinski definition) is 2. The van der Waals surface area contributed by atoms with E-state index >= 15 is 0 Å². The van der Waals surface area contributed by atoms with E-state index in [1.807, 2.05) is 0 Å². The van der Waals surface area contributed by atoms with Crippen molar-refractivity contribution in [3.05, 3.63) is 6.92 Å². The van der Waals surface area contributed by atoms with E-state index in [0.717, 1.165) is 12.5 Å². The van der Waals surface area contributed by atoms with Gasteiger partial charge in [0.2, 0.25) is 0 Å². The van der Waals surface area contributed by atoms with Crippen LogP contribution in [0.5, 0.6) is 0 Å². The van der Waals surface area contributed by atoms with Crippen molar-refractivity contribution in [3.8, 4) is 0 Å². The van der Waals surface area contributed by atoms with Crippen LogP contribution in [0, 0.1) is 6.92 Å². The van der Waals surface area contributed by atoms with E-state index in [4.69, 9.17) is 9.47 Å². The minimum Gasteiger partial charge on any atom is -0.360 e. The quantitative estimate of drug-likeness (QED) is 0.423. The van der Waals surface area contributed by atoms with Crippen LogP contribution in [-0.4, -0.2) is 29.7 Å². The SMILES string of the molecule is [CH2]CC[Si]C(OC)OC. The van der Waals surface area contributed by atoms with Crippen LogP contribution in [-0.2, 0) is 9.47 Å². The molecule has 0 aromatic rings. The fourth-order valence-corrected chi connectivity index (χ4v) is 1.26. The second kappa shape index (κ2) is 6.26. The molecular weight excluding hydrogens is 132 g/mol. The molecule has 0 spiro atoms. The third-order valence-corrected chi connectivity index (χ3v) is 2.36. The molecule has 0 bridgehead atoms. The monoisotopic (exact) mass is 145 g/mol. The lowest BCUT2D eigenvalue weighted by atomic mass is 10.6.